The third kappa shape index (κ3) is 3.65. The highest BCUT2D eigenvalue weighted by molar-refractivity contribution is 5.86. The van der Waals surface area contributed by atoms with E-state index in [0.717, 1.165) is 16.3 Å². The van der Waals surface area contributed by atoms with E-state index in [2.05, 4.69) is 20.5 Å². The smallest absolute Gasteiger partial charge is 0.329 e. The summed E-state index contributed by atoms with van der Waals surface area (Å²) in [5.74, 6) is 0.377. The van der Waals surface area contributed by atoms with Crippen LogP contribution in [0.3, 0.4) is 0 Å². The Balaban J connectivity index is 1.64. The van der Waals surface area contributed by atoms with E-state index in [4.69, 9.17) is 0 Å². The van der Waals surface area contributed by atoms with E-state index in [0.29, 0.717) is 12.1 Å². The van der Waals surface area contributed by atoms with Gasteiger partial charge in [0, 0.05) is 12.6 Å². The number of anilines is 1. The average molecular weight is 440 g/mol. The fourth-order valence-corrected chi connectivity index (χ4v) is 3.83. The van der Waals surface area contributed by atoms with Crippen LogP contribution in [0.25, 0.3) is 21.9 Å². The first kappa shape index (κ1) is 20.3. The number of benzene rings is 3. The van der Waals surface area contributed by atoms with E-state index in [1.54, 1.807) is 35.9 Å². The third-order valence-corrected chi connectivity index (χ3v) is 5.52. The van der Waals surface area contributed by atoms with Gasteiger partial charge in [-0.15, -0.1) is 0 Å². The predicted octanol–water partition coefficient (Wildman–Crippen LogP) is 2.78. The predicted molar refractivity (Wildman–Crippen MR) is 128 cm³/mol. The minimum atomic E-state index is -0.549. The molecule has 0 aliphatic carbocycles. The van der Waals surface area contributed by atoms with E-state index in [1.165, 1.54) is 10.8 Å². The number of phenolic OH excluding ortho intramolecular Hbond substituents is 1. The highest BCUT2D eigenvalue weighted by atomic mass is 16.3. The maximum Gasteiger partial charge on any atom is 0.329 e. The van der Waals surface area contributed by atoms with Gasteiger partial charge in [0.2, 0.25) is 5.95 Å². The maximum absolute atomic E-state index is 12.8. The molecule has 5 aromatic rings. The fourth-order valence-electron chi connectivity index (χ4n) is 3.83. The van der Waals surface area contributed by atoms with E-state index in [1.807, 2.05) is 42.5 Å². The summed E-state index contributed by atoms with van der Waals surface area (Å²) in [5.41, 5.74) is 3.78. The van der Waals surface area contributed by atoms with Crippen LogP contribution >= 0.6 is 0 Å². The van der Waals surface area contributed by atoms with E-state index in [9.17, 15) is 14.7 Å². The molecule has 0 saturated carbocycles. The number of rotatable bonds is 5. The van der Waals surface area contributed by atoms with Crippen molar-refractivity contribution in [3.63, 3.8) is 0 Å². The molecule has 0 spiro atoms. The number of hydrazone groups is 1. The molecule has 0 aliphatic rings. The normalized spacial score (nSPS) is 11.5. The van der Waals surface area contributed by atoms with Crippen LogP contribution in [0.5, 0.6) is 5.75 Å². The van der Waals surface area contributed by atoms with Crippen molar-refractivity contribution in [2.75, 3.05) is 5.43 Å². The van der Waals surface area contributed by atoms with Crippen LogP contribution in [0.2, 0.25) is 0 Å². The minimum Gasteiger partial charge on any atom is -0.507 e. The van der Waals surface area contributed by atoms with E-state index in [-0.39, 0.29) is 22.9 Å². The molecule has 2 heterocycles. The van der Waals surface area contributed by atoms with Gasteiger partial charge in [0.1, 0.15) is 5.75 Å². The third-order valence-electron chi connectivity index (χ3n) is 5.52. The number of fused-ring (bicyclic) bond motifs is 2. The monoisotopic (exact) mass is 440 g/mol. The zero-order valence-electron chi connectivity index (χ0n) is 17.7. The number of nitrogens with zero attached hydrogens (tertiary/aromatic N) is 4. The summed E-state index contributed by atoms with van der Waals surface area (Å²) in [6.07, 6.45) is 1.46. The molecule has 5 rings (SSSR count). The van der Waals surface area contributed by atoms with E-state index < -0.39 is 11.2 Å². The molecule has 0 amide bonds. The van der Waals surface area contributed by atoms with Crippen molar-refractivity contribution in [3.8, 4) is 5.75 Å². The molecule has 0 atom stereocenters. The molecule has 3 aromatic carbocycles. The molecule has 0 unspecified atom stereocenters. The Labute approximate surface area is 187 Å². The molecule has 0 aliphatic heterocycles. The lowest BCUT2D eigenvalue weighted by molar-refractivity contribution is 0.474. The largest absolute Gasteiger partial charge is 0.507 e. The first-order chi connectivity index (χ1) is 16.0. The number of aromatic hydroxyl groups is 1. The molecule has 2 aromatic heterocycles. The molecule has 164 valence electrons. The van der Waals surface area contributed by atoms with Crippen LogP contribution < -0.4 is 16.7 Å². The van der Waals surface area contributed by atoms with E-state index >= 15 is 0 Å². The van der Waals surface area contributed by atoms with Crippen molar-refractivity contribution >= 4 is 34.1 Å². The van der Waals surface area contributed by atoms with Crippen molar-refractivity contribution in [2.45, 2.75) is 6.54 Å². The molecule has 0 radical (unpaired) electrons. The average Bonchev–Trinajstić information content (AvgIpc) is 3.18. The Morgan fingerprint density at radius 1 is 1.06 bits per heavy atom. The Hall–Kier alpha value is -4.66. The van der Waals surface area contributed by atoms with Gasteiger partial charge in [0.15, 0.2) is 11.2 Å². The SMILES string of the molecule is Cn1c(=O)[nH]c(=O)c2c1nc(N/N=C/c1ccccc1O)n2Cc1cccc2ccccc12. The molecule has 0 fully saturated rings. The zero-order valence-corrected chi connectivity index (χ0v) is 17.7. The van der Waals surface area contributed by atoms with Gasteiger partial charge in [0.25, 0.3) is 5.56 Å². The number of hydrogen-bond acceptors (Lipinski definition) is 6. The molecule has 9 heteroatoms. The molecular weight excluding hydrogens is 420 g/mol. The number of H-pyrrole nitrogens is 1. The number of para-hydroxylation sites is 1. The number of phenols is 1. The van der Waals surface area contributed by atoms with Gasteiger partial charge in [-0.25, -0.2) is 10.2 Å². The lowest BCUT2D eigenvalue weighted by atomic mass is 10.0. The zero-order chi connectivity index (χ0) is 22.9. The number of hydrogen-bond donors (Lipinski definition) is 3. The van der Waals surface area contributed by atoms with Crippen molar-refractivity contribution in [3.05, 3.63) is 98.7 Å². The summed E-state index contributed by atoms with van der Waals surface area (Å²) in [6.45, 7) is 0.327. The molecule has 9 nitrogen and oxygen atoms in total. The van der Waals surface area contributed by atoms with Gasteiger partial charge in [-0.05, 0) is 28.5 Å². The standard InChI is InChI=1S/C24H20N6O3/c1-29-21-20(22(32)27-24(29)33)30(14-17-10-6-9-15-7-2-4-11-18(15)17)23(26-21)28-25-13-16-8-3-5-12-19(16)31/h2-13,31H,14H2,1H3,(H,26,28)(H,27,32,33)/b25-13+. The second kappa shape index (κ2) is 8.12. The van der Waals surface area contributed by atoms with Crippen molar-refractivity contribution in [1.29, 1.82) is 0 Å². The number of nitrogens with one attached hydrogen (secondary N) is 2. The van der Waals surface area contributed by atoms with Crippen LogP contribution in [0.15, 0.2) is 81.4 Å². The molecule has 0 saturated heterocycles. The number of aromatic amines is 1. The lowest BCUT2D eigenvalue weighted by Gasteiger charge is -2.11. The number of aromatic nitrogens is 4. The Bertz CT molecular complexity index is 1640. The van der Waals surface area contributed by atoms with Crippen LogP contribution in [0.1, 0.15) is 11.1 Å². The lowest BCUT2D eigenvalue weighted by Crippen LogP contribution is -2.29. The van der Waals surface area contributed by atoms with Crippen LogP contribution in [-0.2, 0) is 13.6 Å². The number of imidazole rings is 1. The molecular formula is C24H20N6O3. The highest BCUT2D eigenvalue weighted by Crippen LogP contribution is 2.23. The highest BCUT2D eigenvalue weighted by Gasteiger charge is 2.18. The molecule has 3 N–H and O–H groups in total. The second-order valence-electron chi connectivity index (χ2n) is 7.58. The van der Waals surface area contributed by atoms with Crippen molar-refractivity contribution in [2.24, 2.45) is 12.1 Å². The summed E-state index contributed by atoms with van der Waals surface area (Å²) < 4.78 is 2.98. The van der Waals surface area contributed by atoms with Crippen molar-refractivity contribution < 1.29 is 5.11 Å². The van der Waals surface area contributed by atoms with Crippen LogP contribution in [0, 0.1) is 0 Å². The maximum atomic E-state index is 12.8. The second-order valence-corrected chi connectivity index (χ2v) is 7.58. The fraction of sp³-hybridized carbons (Fsp3) is 0.0833. The first-order valence-electron chi connectivity index (χ1n) is 10.3. The Kier molecular flexibility index (Phi) is 4.98. The molecule has 33 heavy (non-hydrogen) atoms. The summed E-state index contributed by atoms with van der Waals surface area (Å²) in [5, 5.41) is 16.3. The topological polar surface area (TPSA) is 117 Å². The van der Waals surface area contributed by atoms with Gasteiger partial charge in [0.05, 0.1) is 12.8 Å². The van der Waals surface area contributed by atoms with Gasteiger partial charge in [-0.2, -0.15) is 10.1 Å². The van der Waals surface area contributed by atoms with Gasteiger partial charge in [-0.3, -0.25) is 18.9 Å². The Morgan fingerprint density at radius 2 is 1.82 bits per heavy atom. The Morgan fingerprint density at radius 3 is 2.67 bits per heavy atom. The van der Waals surface area contributed by atoms with Crippen LogP contribution in [-0.4, -0.2) is 30.4 Å². The van der Waals surface area contributed by atoms with Gasteiger partial charge >= 0.3 is 5.69 Å². The first-order valence-corrected chi connectivity index (χ1v) is 10.3. The summed E-state index contributed by atoms with van der Waals surface area (Å²) >= 11 is 0. The van der Waals surface area contributed by atoms with Crippen molar-refractivity contribution in [1.82, 2.24) is 19.1 Å². The summed E-state index contributed by atoms with van der Waals surface area (Å²) in [6, 6.07) is 20.7. The summed E-state index contributed by atoms with van der Waals surface area (Å²) in [4.78, 5) is 31.7. The van der Waals surface area contributed by atoms with Gasteiger partial charge in [-0.1, -0.05) is 54.6 Å². The quantitative estimate of drug-likeness (QED) is 0.287. The van der Waals surface area contributed by atoms with Crippen LogP contribution in [0.4, 0.5) is 5.95 Å². The number of aryl methyl sites for hydroxylation is 1. The summed E-state index contributed by atoms with van der Waals surface area (Å²) in [7, 11) is 1.55. The minimum absolute atomic E-state index is 0.0890. The molecule has 0 bridgehead atoms. The van der Waals surface area contributed by atoms with Gasteiger partial charge < -0.3 is 5.11 Å².